The lowest BCUT2D eigenvalue weighted by Crippen LogP contribution is -2.14. The molecule has 6 heteroatoms. The minimum Gasteiger partial charge on any atom is -0.497 e. The van der Waals surface area contributed by atoms with Gasteiger partial charge >= 0.3 is 0 Å². The van der Waals surface area contributed by atoms with Gasteiger partial charge in [-0.15, -0.1) is 0 Å². The van der Waals surface area contributed by atoms with Crippen LogP contribution in [0.2, 0.25) is 0 Å². The number of hydrogen-bond acceptors (Lipinski definition) is 6. The summed E-state index contributed by atoms with van der Waals surface area (Å²) >= 11 is 1.35. The number of benzene rings is 1. The van der Waals surface area contributed by atoms with E-state index in [1.807, 2.05) is 18.2 Å². The van der Waals surface area contributed by atoms with Crippen molar-refractivity contribution in [2.75, 3.05) is 20.0 Å². The van der Waals surface area contributed by atoms with Gasteiger partial charge in [-0.05, 0) is 42.5 Å². The summed E-state index contributed by atoms with van der Waals surface area (Å²) < 4.78 is 10.3. The Morgan fingerprint density at radius 3 is 2.65 bits per heavy atom. The van der Waals surface area contributed by atoms with Crippen LogP contribution < -0.4 is 4.74 Å². The van der Waals surface area contributed by atoms with E-state index >= 15 is 0 Å². The van der Waals surface area contributed by atoms with Gasteiger partial charge in [-0.2, -0.15) is 0 Å². The summed E-state index contributed by atoms with van der Waals surface area (Å²) in [5, 5.41) is 0.630. The van der Waals surface area contributed by atoms with Crippen molar-refractivity contribution in [3.05, 3.63) is 53.8 Å². The van der Waals surface area contributed by atoms with Crippen LogP contribution in [0, 0.1) is 0 Å². The summed E-state index contributed by atoms with van der Waals surface area (Å²) in [5.41, 5.74) is 1.54. The number of nitrogens with zero attached hydrogens (tertiary/aromatic N) is 2. The standard InChI is InChI=1S/C17H16N2O3S/c1-21-12-5-3-11(4-6-12)16(20)10-23-17-18-14-8-7-13(22-2)9-15(14)19-17/h3-9,15H,10H2,1-2H3. The van der Waals surface area contributed by atoms with Gasteiger partial charge in [-0.3, -0.25) is 4.79 Å². The molecule has 3 rings (SSSR count). The normalized spacial score (nSPS) is 18.7. The lowest BCUT2D eigenvalue weighted by molar-refractivity contribution is 0.102. The highest BCUT2D eigenvalue weighted by atomic mass is 32.2. The molecule has 0 saturated heterocycles. The molecule has 23 heavy (non-hydrogen) atoms. The van der Waals surface area contributed by atoms with E-state index in [-0.39, 0.29) is 11.8 Å². The number of hydrogen-bond donors (Lipinski definition) is 0. The van der Waals surface area contributed by atoms with Gasteiger partial charge in [-0.25, -0.2) is 9.98 Å². The fourth-order valence-electron chi connectivity index (χ4n) is 2.22. The number of thioether (sulfide) groups is 1. The molecule has 2 aliphatic rings. The molecule has 0 saturated carbocycles. The Morgan fingerprint density at radius 2 is 1.96 bits per heavy atom. The summed E-state index contributed by atoms with van der Waals surface area (Å²) in [6.45, 7) is 0. The van der Waals surface area contributed by atoms with E-state index in [1.54, 1.807) is 38.5 Å². The molecule has 1 aliphatic carbocycles. The molecule has 1 atom stereocenters. The number of methoxy groups -OCH3 is 2. The van der Waals surface area contributed by atoms with Gasteiger partial charge in [-0.1, -0.05) is 11.8 Å². The zero-order valence-electron chi connectivity index (χ0n) is 12.9. The highest BCUT2D eigenvalue weighted by molar-refractivity contribution is 8.14. The molecule has 0 amide bonds. The Kier molecular flexibility index (Phi) is 4.62. The maximum Gasteiger partial charge on any atom is 0.184 e. The summed E-state index contributed by atoms with van der Waals surface area (Å²) in [4.78, 5) is 21.1. The average molecular weight is 328 g/mol. The number of Topliss-reactive ketones (excluding diaryl/α,β-unsaturated/α-hetero) is 1. The number of aliphatic imine (C=N–C) groups is 2. The maximum atomic E-state index is 12.2. The van der Waals surface area contributed by atoms with Crippen molar-refractivity contribution in [2.45, 2.75) is 6.04 Å². The predicted octanol–water partition coefficient (Wildman–Crippen LogP) is 2.89. The van der Waals surface area contributed by atoms with Crippen LogP contribution in [0.4, 0.5) is 0 Å². The number of carbonyl (C=O) groups excluding carboxylic acids is 1. The van der Waals surface area contributed by atoms with Gasteiger partial charge in [0.15, 0.2) is 11.0 Å². The quantitative estimate of drug-likeness (QED) is 0.780. The summed E-state index contributed by atoms with van der Waals surface area (Å²) in [7, 11) is 3.22. The SMILES string of the molecule is COC1=CC2N=C(SCC(=O)c3ccc(OC)cc3)N=C2C=C1. The Morgan fingerprint density at radius 1 is 1.17 bits per heavy atom. The van der Waals surface area contributed by atoms with Gasteiger partial charge in [0.1, 0.15) is 17.6 Å². The molecular weight excluding hydrogens is 312 g/mol. The molecule has 0 N–H and O–H groups in total. The highest BCUT2D eigenvalue weighted by Crippen LogP contribution is 2.22. The van der Waals surface area contributed by atoms with Gasteiger partial charge in [0.25, 0.3) is 0 Å². The topological polar surface area (TPSA) is 60.2 Å². The fourth-order valence-corrected chi connectivity index (χ4v) is 3.01. The Hall–Kier alpha value is -2.34. The fraction of sp³-hybridized carbons (Fsp3) is 0.235. The lowest BCUT2D eigenvalue weighted by atomic mass is 10.1. The molecule has 1 aliphatic heterocycles. The van der Waals surface area contributed by atoms with Crippen molar-refractivity contribution < 1.29 is 14.3 Å². The summed E-state index contributed by atoms with van der Waals surface area (Å²) in [5.74, 6) is 1.86. The van der Waals surface area contributed by atoms with Crippen LogP contribution in [0.15, 0.2) is 58.2 Å². The van der Waals surface area contributed by atoms with E-state index in [0.717, 1.165) is 17.2 Å². The Balaban J connectivity index is 1.61. The third-order valence-electron chi connectivity index (χ3n) is 3.50. The first-order valence-electron chi connectivity index (χ1n) is 7.10. The second-order valence-electron chi connectivity index (χ2n) is 4.94. The van der Waals surface area contributed by atoms with E-state index in [1.165, 1.54) is 11.8 Å². The monoisotopic (exact) mass is 328 g/mol. The number of fused-ring (bicyclic) bond motifs is 1. The van der Waals surface area contributed by atoms with E-state index in [2.05, 4.69) is 9.98 Å². The molecule has 0 bridgehead atoms. The molecule has 0 fully saturated rings. The lowest BCUT2D eigenvalue weighted by Gasteiger charge is -2.09. The zero-order chi connectivity index (χ0) is 16.2. The Labute approximate surface area is 138 Å². The van der Waals surface area contributed by atoms with Gasteiger partial charge in [0, 0.05) is 5.56 Å². The number of amidine groups is 1. The second kappa shape index (κ2) is 6.83. The van der Waals surface area contributed by atoms with Crippen LogP contribution in [0.5, 0.6) is 5.75 Å². The second-order valence-corrected chi connectivity index (χ2v) is 5.88. The smallest absolute Gasteiger partial charge is 0.184 e. The van der Waals surface area contributed by atoms with Crippen molar-refractivity contribution in [1.29, 1.82) is 0 Å². The van der Waals surface area contributed by atoms with E-state index in [0.29, 0.717) is 16.5 Å². The minimum atomic E-state index is -0.103. The van der Waals surface area contributed by atoms with Crippen LogP contribution in [0.25, 0.3) is 0 Å². The van der Waals surface area contributed by atoms with Crippen LogP contribution in [0.3, 0.4) is 0 Å². The third kappa shape index (κ3) is 3.53. The molecule has 1 aromatic carbocycles. The highest BCUT2D eigenvalue weighted by Gasteiger charge is 2.23. The van der Waals surface area contributed by atoms with E-state index in [4.69, 9.17) is 9.47 Å². The van der Waals surface area contributed by atoms with Crippen LogP contribution in [-0.2, 0) is 4.74 Å². The predicted molar refractivity (Wildman–Crippen MR) is 92.7 cm³/mol. The van der Waals surface area contributed by atoms with Crippen LogP contribution in [-0.4, -0.2) is 42.7 Å². The third-order valence-corrected chi connectivity index (χ3v) is 4.36. The number of ether oxygens (including phenoxy) is 2. The van der Waals surface area contributed by atoms with E-state index < -0.39 is 0 Å². The first kappa shape index (κ1) is 15.6. The van der Waals surface area contributed by atoms with Crippen molar-refractivity contribution >= 4 is 28.4 Å². The van der Waals surface area contributed by atoms with Crippen molar-refractivity contribution in [2.24, 2.45) is 9.98 Å². The van der Waals surface area contributed by atoms with Gasteiger partial charge in [0.2, 0.25) is 0 Å². The average Bonchev–Trinajstić information content (AvgIpc) is 3.01. The largest absolute Gasteiger partial charge is 0.497 e. The van der Waals surface area contributed by atoms with Gasteiger partial charge in [0.05, 0.1) is 25.7 Å². The summed E-state index contributed by atoms with van der Waals surface area (Å²) in [6, 6.07) is 6.98. The minimum absolute atomic E-state index is 0.0408. The van der Waals surface area contributed by atoms with Crippen LogP contribution >= 0.6 is 11.8 Å². The van der Waals surface area contributed by atoms with Gasteiger partial charge < -0.3 is 9.47 Å². The summed E-state index contributed by atoms with van der Waals surface area (Å²) in [6.07, 6.45) is 5.67. The maximum absolute atomic E-state index is 12.2. The molecule has 0 aromatic heterocycles. The number of allylic oxidation sites excluding steroid dienone is 1. The molecular formula is C17H16N2O3S. The van der Waals surface area contributed by atoms with Crippen LogP contribution in [0.1, 0.15) is 10.4 Å². The van der Waals surface area contributed by atoms with Crippen molar-refractivity contribution in [3.63, 3.8) is 0 Å². The number of ketones is 1. The number of carbonyl (C=O) groups is 1. The molecule has 1 aromatic rings. The first-order valence-corrected chi connectivity index (χ1v) is 8.08. The first-order chi connectivity index (χ1) is 11.2. The zero-order valence-corrected chi connectivity index (χ0v) is 13.7. The number of rotatable bonds is 5. The molecule has 0 spiro atoms. The Bertz CT molecular complexity index is 733. The molecule has 0 radical (unpaired) electrons. The molecule has 1 heterocycles. The molecule has 5 nitrogen and oxygen atoms in total. The van der Waals surface area contributed by atoms with Crippen molar-refractivity contribution in [3.8, 4) is 5.75 Å². The molecule has 118 valence electrons. The molecule has 1 unspecified atom stereocenters. The van der Waals surface area contributed by atoms with E-state index in [9.17, 15) is 4.79 Å². The van der Waals surface area contributed by atoms with Crippen molar-refractivity contribution in [1.82, 2.24) is 0 Å².